The van der Waals surface area contributed by atoms with Crippen LogP contribution in [-0.2, 0) is 6.42 Å². The number of rotatable bonds is 2. The van der Waals surface area contributed by atoms with Gasteiger partial charge in [0, 0.05) is 11.3 Å². The average molecular weight is 207 g/mol. The maximum atomic E-state index is 4.40. The van der Waals surface area contributed by atoms with Crippen LogP contribution < -0.4 is 0 Å². The molecule has 1 N–H and O–H groups in total. The van der Waals surface area contributed by atoms with E-state index < -0.39 is 0 Å². The molecule has 2 heterocycles. The smallest absolute Gasteiger partial charge is 0.191 e. The fourth-order valence-electron chi connectivity index (χ4n) is 1.25. The van der Waals surface area contributed by atoms with Gasteiger partial charge in [-0.05, 0) is 25.5 Å². The monoisotopic (exact) mass is 207 g/mol. The van der Waals surface area contributed by atoms with Crippen molar-refractivity contribution in [1.29, 1.82) is 0 Å². The second-order valence-corrected chi connectivity index (χ2v) is 4.57. The van der Waals surface area contributed by atoms with Gasteiger partial charge in [-0.3, -0.25) is 5.10 Å². The van der Waals surface area contributed by atoms with Crippen LogP contribution >= 0.6 is 11.3 Å². The minimum atomic E-state index is 0.822. The Kier molecular flexibility index (Phi) is 2.37. The molecule has 2 aromatic heterocycles. The number of aromatic nitrogens is 3. The summed E-state index contributed by atoms with van der Waals surface area (Å²) in [5, 5.41) is 7.11. The molecule has 74 valence electrons. The minimum absolute atomic E-state index is 0.822. The molecular weight excluding hydrogens is 194 g/mol. The fourth-order valence-corrected chi connectivity index (χ4v) is 2.22. The van der Waals surface area contributed by atoms with Crippen LogP contribution in [0.15, 0.2) is 6.07 Å². The van der Waals surface area contributed by atoms with Crippen molar-refractivity contribution < 1.29 is 0 Å². The first-order valence-corrected chi connectivity index (χ1v) is 5.51. The minimum Gasteiger partial charge on any atom is -0.263 e. The van der Waals surface area contributed by atoms with E-state index in [4.69, 9.17) is 0 Å². The summed E-state index contributed by atoms with van der Waals surface area (Å²) in [7, 11) is 0. The van der Waals surface area contributed by atoms with Gasteiger partial charge in [0.05, 0.1) is 4.88 Å². The Balaban J connectivity index is 2.39. The third kappa shape index (κ3) is 1.57. The molecule has 0 atom stereocenters. The lowest BCUT2D eigenvalue weighted by Crippen LogP contribution is -1.80. The first-order chi connectivity index (χ1) is 6.70. The number of hydrogen-bond acceptors (Lipinski definition) is 3. The highest BCUT2D eigenvalue weighted by Gasteiger charge is 2.08. The largest absolute Gasteiger partial charge is 0.263 e. The molecule has 4 heteroatoms. The van der Waals surface area contributed by atoms with E-state index in [0.717, 1.165) is 22.9 Å². The maximum absolute atomic E-state index is 4.40. The van der Waals surface area contributed by atoms with Gasteiger partial charge < -0.3 is 0 Å². The van der Waals surface area contributed by atoms with Gasteiger partial charge >= 0.3 is 0 Å². The van der Waals surface area contributed by atoms with Crippen LogP contribution in [0.3, 0.4) is 0 Å². The van der Waals surface area contributed by atoms with Crippen molar-refractivity contribution in [3.05, 3.63) is 22.3 Å². The summed E-state index contributed by atoms with van der Waals surface area (Å²) in [5.41, 5.74) is 1.31. The molecule has 0 fully saturated rings. The van der Waals surface area contributed by atoms with Crippen LogP contribution in [0.1, 0.15) is 23.2 Å². The number of nitrogens with one attached hydrogen (secondary N) is 1. The average Bonchev–Trinajstić information content (AvgIpc) is 2.74. The summed E-state index contributed by atoms with van der Waals surface area (Å²) >= 11 is 1.75. The van der Waals surface area contributed by atoms with Gasteiger partial charge in [0.15, 0.2) is 5.82 Å². The molecule has 0 saturated heterocycles. The van der Waals surface area contributed by atoms with Gasteiger partial charge in [-0.15, -0.1) is 11.3 Å². The summed E-state index contributed by atoms with van der Waals surface area (Å²) in [6.07, 6.45) is 0.899. The van der Waals surface area contributed by atoms with E-state index in [9.17, 15) is 0 Å². The Labute approximate surface area is 87.2 Å². The first kappa shape index (κ1) is 9.40. The summed E-state index contributed by atoms with van der Waals surface area (Å²) in [4.78, 5) is 6.88. The number of aromatic amines is 1. The Hall–Kier alpha value is -1.16. The van der Waals surface area contributed by atoms with E-state index in [-0.39, 0.29) is 0 Å². The van der Waals surface area contributed by atoms with Crippen LogP contribution in [0.2, 0.25) is 0 Å². The molecule has 0 saturated carbocycles. The molecule has 14 heavy (non-hydrogen) atoms. The quantitative estimate of drug-likeness (QED) is 0.822. The number of thiophene rings is 1. The van der Waals surface area contributed by atoms with E-state index in [1.807, 2.05) is 0 Å². The number of nitrogens with zero attached hydrogens (tertiary/aromatic N) is 2. The van der Waals surface area contributed by atoms with E-state index >= 15 is 0 Å². The van der Waals surface area contributed by atoms with Crippen LogP contribution in [0.5, 0.6) is 0 Å². The predicted molar refractivity (Wildman–Crippen MR) is 58.5 cm³/mol. The molecule has 0 aliphatic heterocycles. The standard InChI is InChI=1S/C10H13N3S/c1-4-9-11-10(13-12-9)8-5-6(2)7(3)14-8/h5H,4H2,1-3H3,(H,11,12,13). The van der Waals surface area contributed by atoms with Crippen molar-refractivity contribution >= 4 is 11.3 Å². The maximum Gasteiger partial charge on any atom is 0.191 e. The van der Waals surface area contributed by atoms with Crippen molar-refractivity contribution in [2.24, 2.45) is 0 Å². The number of aryl methyl sites for hydroxylation is 3. The van der Waals surface area contributed by atoms with Crippen LogP contribution in [0.4, 0.5) is 0 Å². The molecular formula is C10H13N3S. The Morgan fingerprint density at radius 1 is 1.43 bits per heavy atom. The summed E-state index contributed by atoms with van der Waals surface area (Å²) < 4.78 is 0. The van der Waals surface area contributed by atoms with E-state index in [2.05, 4.69) is 42.0 Å². The van der Waals surface area contributed by atoms with E-state index in [1.54, 1.807) is 11.3 Å². The van der Waals surface area contributed by atoms with Gasteiger partial charge in [-0.25, -0.2) is 4.98 Å². The highest BCUT2D eigenvalue weighted by Crippen LogP contribution is 2.28. The van der Waals surface area contributed by atoms with Crippen LogP contribution in [-0.4, -0.2) is 15.2 Å². The van der Waals surface area contributed by atoms with Crippen molar-refractivity contribution in [2.45, 2.75) is 27.2 Å². The molecule has 0 radical (unpaired) electrons. The van der Waals surface area contributed by atoms with Gasteiger partial charge in [0.1, 0.15) is 5.82 Å². The molecule has 0 bridgehead atoms. The fraction of sp³-hybridized carbons (Fsp3) is 0.400. The molecule has 2 rings (SSSR count). The summed E-state index contributed by atoms with van der Waals surface area (Å²) in [6, 6.07) is 2.14. The number of hydrogen-bond donors (Lipinski definition) is 1. The Morgan fingerprint density at radius 2 is 2.21 bits per heavy atom. The normalized spacial score (nSPS) is 10.8. The summed E-state index contributed by atoms with van der Waals surface area (Å²) in [5.74, 6) is 1.77. The van der Waals surface area contributed by atoms with Crippen molar-refractivity contribution in [1.82, 2.24) is 15.2 Å². The molecule has 0 amide bonds. The molecule has 0 unspecified atom stereocenters. The third-order valence-corrected chi connectivity index (χ3v) is 3.40. The predicted octanol–water partition coefficient (Wildman–Crippen LogP) is 2.71. The topological polar surface area (TPSA) is 41.6 Å². The van der Waals surface area contributed by atoms with E-state index in [1.165, 1.54) is 10.4 Å². The van der Waals surface area contributed by atoms with Crippen LogP contribution in [0, 0.1) is 13.8 Å². The van der Waals surface area contributed by atoms with Gasteiger partial charge in [0.2, 0.25) is 0 Å². The zero-order valence-corrected chi connectivity index (χ0v) is 9.40. The van der Waals surface area contributed by atoms with Crippen LogP contribution in [0.25, 0.3) is 10.7 Å². The summed E-state index contributed by atoms with van der Waals surface area (Å²) in [6.45, 7) is 6.30. The molecule has 0 aliphatic carbocycles. The van der Waals surface area contributed by atoms with Crippen molar-refractivity contribution in [3.8, 4) is 10.7 Å². The second kappa shape index (κ2) is 3.53. The highest BCUT2D eigenvalue weighted by atomic mass is 32.1. The zero-order chi connectivity index (χ0) is 10.1. The Morgan fingerprint density at radius 3 is 2.71 bits per heavy atom. The van der Waals surface area contributed by atoms with Gasteiger partial charge in [-0.2, -0.15) is 5.10 Å². The first-order valence-electron chi connectivity index (χ1n) is 4.69. The lowest BCUT2D eigenvalue weighted by atomic mass is 10.3. The molecule has 3 nitrogen and oxygen atoms in total. The molecule has 2 aromatic rings. The third-order valence-electron chi connectivity index (χ3n) is 2.25. The van der Waals surface area contributed by atoms with Gasteiger partial charge in [0.25, 0.3) is 0 Å². The molecule has 0 aliphatic rings. The van der Waals surface area contributed by atoms with Crippen molar-refractivity contribution in [3.63, 3.8) is 0 Å². The SMILES string of the molecule is CCc1nc(-c2cc(C)c(C)s2)n[nH]1. The lowest BCUT2D eigenvalue weighted by molar-refractivity contribution is 0.946. The molecule has 0 spiro atoms. The lowest BCUT2D eigenvalue weighted by Gasteiger charge is -1.84. The number of H-pyrrole nitrogens is 1. The van der Waals surface area contributed by atoms with Crippen molar-refractivity contribution in [2.75, 3.05) is 0 Å². The second-order valence-electron chi connectivity index (χ2n) is 3.31. The molecule has 0 aromatic carbocycles. The highest BCUT2D eigenvalue weighted by molar-refractivity contribution is 7.15. The zero-order valence-electron chi connectivity index (χ0n) is 8.59. The van der Waals surface area contributed by atoms with E-state index in [0.29, 0.717) is 0 Å². The van der Waals surface area contributed by atoms with Gasteiger partial charge in [-0.1, -0.05) is 6.92 Å². The Bertz CT molecular complexity index is 422.